The molecule has 2 aromatic rings. The molecule has 0 saturated heterocycles. The minimum absolute atomic E-state index is 0.109. The van der Waals surface area contributed by atoms with Gasteiger partial charge in [0, 0.05) is 16.8 Å². The van der Waals surface area contributed by atoms with Crippen molar-refractivity contribution >= 4 is 11.6 Å². The fourth-order valence-electron chi connectivity index (χ4n) is 2.22. The van der Waals surface area contributed by atoms with Crippen molar-refractivity contribution in [1.82, 2.24) is 5.32 Å². The van der Waals surface area contributed by atoms with E-state index in [9.17, 15) is 4.79 Å². The summed E-state index contributed by atoms with van der Waals surface area (Å²) in [5.41, 5.74) is 8.99. The number of nitrogens with one attached hydrogen (secondary N) is 1. The lowest BCUT2D eigenvalue weighted by atomic mass is 10.1. The summed E-state index contributed by atoms with van der Waals surface area (Å²) in [6, 6.07) is 7.17. The Labute approximate surface area is 119 Å². The standard InChI is InChI=1S/C16H20N2O2/c1-9-5-6-13(8-15(9)17)16(19)18-11(3)14-7-10(2)20-12(14)4/h5-8,11H,17H2,1-4H3,(H,18,19). The van der Waals surface area contributed by atoms with Gasteiger partial charge in [0.1, 0.15) is 11.5 Å². The Balaban J connectivity index is 2.15. The van der Waals surface area contributed by atoms with Gasteiger partial charge in [0.15, 0.2) is 0 Å². The number of aryl methyl sites for hydroxylation is 3. The number of amides is 1. The molecule has 0 radical (unpaired) electrons. The molecule has 0 aliphatic carbocycles. The number of nitrogens with two attached hydrogens (primary N) is 1. The number of hydrogen-bond acceptors (Lipinski definition) is 3. The van der Waals surface area contributed by atoms with Crippen molar-refractivity contribution in [3.05, 3.63) is 52.5 Å². The van der Waals surface area contributed by atoms with Crippen LogP contribution in [0.15, 0.2) is 28.7 Å². The Bertz CT molecular complexity index is 644. The number of carbonyl (C=O) groups is 1. The van der Waals surface area contributed by atoms with Gasteiger partial charge in [-0.25, -0.2) is 0 Å². The monoisotopic (exact) mass is 272 g/mol. The van der Waals surface area contributed by atoms with Crippen LogP contribution in [-0.4, -0.2) is 5.91 Å². The molecule has 1 unspecified atom stereocenters. The van der Waals surface area contributed by atoms with E-state index in [-0.39, 0.29) is 11.9 Å². The maximum atomic E-state index is 12.2. The summed E-state index contributed by atoms with van der Waals surface area (Å²) in [4.78, 5) is 12.2. The zero-order chi connectivity index (χ0) is 14.9. The van der Waals surface area contributed by atoms with E-state index in [4.69, 9.17) is 10.2 Å². The van der Waals surface area contributed by atoms with E-state index >= 15 is 0 Å². The highest BCUT2D eigenvalue weighted by Crippen LogP contribution is 2.22. The summed E-state index contributed by atoms with van der Waals surface area (Å²) in [5.74, 6) is 1.54. The molecular weight excluding hydrogens is 252 g/mol. The van der Waals surface area contributed by atoms with Crippen LogP contribution in [0.1, 0.15) is 46.0 Å². The van der Waals surface area contributed by atoms with E-state index in [1.54, 1.807) is 12.1 Å². The summed E-state index contributed by atoms with van der Waals surface area (Å²) in [6.45, 7) is 7.64. The summed E-state index contributed by atoms with van der Waals surface area (Å²) in [5, 5.41) is 2.96. The largest absolute Gasteiger partial charge is 0.466 e. The second-order valence-corrected chi connectivity index (χ2v) is 5.14. The third-order valence-electron chi connectivity index (χ3n) is 3.43. The molecular formula is C16H20N2O2. The van der Waals surface area contributed by atoms with Crippen LogP contribution in [0.4, 0.5) is 5.69 Å². The molecule has 0 fully saturated rings. The molecule has 3 N–H and O–H groups in total. The normalized spacial score (nSPS) is 12.2. The van der Waals surface area contributed by atoms with Crippen LogP contribution in [0.2, 0.25) is 0 Å². The van der Waals surface area contributed by atoms with Crippen LogP contribution in [-0.2, 0) is 0 Å². The zero-order valence-electron chi connectivity index (χ0n) is 12.3. The van der Waals surface area contributed by atoms with Crippen LogP contribution in [0.25, 0.3) is 0 Å². The van der Waals surface area contributed by atoms with Crippen LogP contribution in [0.5, 0.6) is 0 Å². The number of benzene rings is 1. The highest BCUT2D eigenvalue weighted by molar-refractivity contribution is 5.95. The minimum Gasteiger partial charge on any atom is -0.466 e. The van der Waals surface area contributed by atoms with Gasteiger partial charge in [-0.15, -0.1) is 0 Å². The number of hydrogen-bond donors (Lipinski definition) is 2. The first-order valence-electron chi connectivity index (χ1n) is 6.62. The van der Waals surface area contributed by atoms with Crippen molar-refractivity contribution in [2.45, 2.75) is 33.7 Å². The second-order valence-electron chi connectivity index (χ2n) is 5.14. The lowest BCUT2D eigenvalue weighted by molar-refractivity contribution is 0.0940. The van der Waals surface area contributed by atoms with Gasteiger partial charge in [-0.05, 0) is 51.5 Å². The number of carbonyl (C=O) groups excluding carboxylic acids is 1. The molecule has 1 amide bonds. The molecule has 1 heterocycles. The maximum Gasteiger partial charge on any atom is 0.251 e. The molecule has 1 aromatic carbocycles. The summed E-state index contributed by atoms with van der Waals surface area (Å²) < 4.78 is 5.49. The summed E-state index contributed by atoms with van der Waals surface area (Å²) >= 11 is 0. The second kappa shape index (κ2) is 5.41. The number of anilines is 1. The van der Waals surface area contributed by atoms with Crippen LogP contribution < -0.4 is 11.1 Å². The fraction of sp³-hybridized carbons (Fsp3) is 0.312. The van der Waals surface area contributed by atoms with Gasteiger partial charge in [0.2, 0.25) is 0 Å². The summed E-state index contributed by atoms with van der Waals surface area (Å²) in [6.07, 6.45) is 0. The molecule has 4 nitrogen and oxygen atoms in total. The van der Waals surface area contributed by atoms with E-state index in [1.165, 1.54) is 0 Å². The molecule has 0 aliphatic rings. The van der Waals surface area contributed by atoms with E-state index in [0.29, 0.717) is 11.3 Å². The molecule has 20 heavy (non-hydrogen) atoms. The molecule has 0 aliphatic heterocycles. The molecule has 1 aromatic heterocycles. The van der Waals surface area contributed by atoms with Gasteiger partial charge in [-0.2, -0.15) is 0 Å². The third kappa shape index (κ3) is 2.85. The minimum atomic E-state index is -0.137. The molecule has 4 heteroatoms. The smallest absolute Gasteiger partial charge is 0.251 e. The topological polar surface area (TPSA) is 68.3 Å². The molecule has 106 valence electrons. The Hall–Kier alpha value is -2.23. The first kappa shape index (κ1) is 14.2. The molecule has 1 atom stereocenters. The van der Waals surface area contributed by atoms with Crippen molar-refractivity contribution in [1.29, 1.82) is 0 Å². The van der Waals surface area contributed by atoms with Crippen LogP contribution in [0, 0.1) is 20.8 Å². The van der Waals surface area contributed by atoms with E-state index in [2.05, 4.69) is 5.32 Å². The highest BCUT2D eigenvalue weighted by atomic mass is 16.3. The van der Waals surface area contributed by atoms with E-state index in [1.807, 2.05) is 39.8 Å². The number of nitrogen functional groups attached to an aromatic ring is 1. The lowest BCUT2D eigenvalue weighted by Gasteiger charge is -2.14. The van der Waals surface area contributed by atoms with Gasteiger partial charge in [-0.3, -0.25) is 4.79 Å². The van der Waals surface area contributed by atoms with Crippen LogP contribution >= 0.6 is 0 Å². The Morgan fingerprint density at radius 3 is 2.50 bits per heavy atom. The molecule has 0 spiro atoms. The van der Waals surface area contributed by atoms with Crippen molar-refractivity contribution in [2.24, 2.45) is 0 Å². The van der Waals surface area contributed by atoms with Crippen molar-refractivity contribution in [2.75, 3.05) is 5.73 Å². The van der Waals surface area contributed by atoms with Gasteiger partial charge >= 0.3 is 0 Å². The predicted octanol–water partition coefficient (Wildman–Crippen LogP) is 3.28. The van der Waals surface area contributed by atoms with Crippen molar-refractivity contribution < 1.29 is 9.21 Å². The van der Waals surface area contributed by atoms with E-state index in [0.717, 1.165) is 22.6 Å². The Morgan fingerprint density at radius 2 is 1.95 bits per heavy atom. The predicted molar refractivity (Wildman–Crippen MR) is 79.7 cm³/mol. The first-order chi connectivity index (χ1) is 9.38. The lowest BCUT2D eigenvalue weighted by Crippen LogP contribution is -2.26. The van der Waals surface area contributed by atoms with Gasteiger partial charge < -0.3 is 15.5 Å². The quantitative estimate of drug-likeness (QED) is 0.842. The SMILES string of the molecule is Cc1cc(C(C)NC(=O)c2ccc(C)c(N)c2)c(C)o1. The first-order valence-corrected chi connectivity index (χ1v) is 6.62. The fourth-order valence-corrected chi connectivity index (χ4v) is 2.22. The average Bonchev–Trinajstić information content (AvgIpc) is 2.71. The highest BCUT2D eigenvalue weighted by Gasteiger charge is 2.16. The maximum absolute atomic E-state index is 12.2. The van der Waals surface area contributed by atoms with Crippen molar-refractivity contribution in [3.63, 3.8) is 0 Å². The Kier molecular flexibility index (Phi) is 3.84. The third-order valence-corrected chi connectivity index (χ3v) is 3.43. The van der Waals surface area contributed by atoms with Crippen LogP contribution in [0.3, 0.4) is 0 Å². The molecule has 0 bridgehead atoms. The van der Waals surface area contributed by atoms with Gasteiger partial charge in [0.05, 0.1) is 6.04 Å². The molecule has 0 saturated carbocycles. The van der Waals surface area contributed by atoms with Gasteiger partial charge in [0.25, 0.3) is 5.91 Å². The van der Waals surface area contributed by atoms with E-state index < -0.39 is 0 Å². The number of furan rings is 1. The zero-order valence-corrected chi connectivity index (χ0v) is 12.3. The van der Waals surface area contributed by atoms with Gasteiger partial charge in [-0.1, -0.05) is 6.07 Å². The average molecular weight is 272 g/mol. The number of rotatable bonds is 3. The van der Waals surface area contributed by atoms with Crippen molar-refractivity contribution in [3.8, 4) is 0 Å². The summed E-state index contributed by atoms with van der Waals surface area (Å²) in [7, 11) is 0. The molecule has 2 rings (SSSR count). The Morgan fingerprint density at radius 1 is 1.25 bits per heavy atom.